The van der Waals surface area contributed by atoms with E-state index in [1.807, 2.05) is 0 Å². The molecule has 0 aromatic carbocycles. The number of ether oxygens (including phenoxy) is 1. The van der Waals surface area contributed by atoms with E-state index in [9.17, 15) is 24.2 Å². The highest BCUT2D eigenvalue weighted by molar-refractivity contribution is 7.47. The molecule has 1 amide bonds. The number of rotatable bonds is 38. The summed E-state index contributed by atoms with van der Waals surface area (Å²) in [4.78, 5) is 33.8. The summed E-state index contributed by atoms with van der Waals surface area (Å²) >= 11 is 0. The third-order valence-corrected chi connectivity index (χ3v) is 9.50. The number of hydrogen-bond acceptors (Lipinski definition) is 7. The molecule has 3 N–H and O–H groups in total. The number of aliphatic hydroxyl groups is 1. The Morgan fingerprint density at radius 2 is 1.06 bits per heavy atom. The first-order valence-electron chi connectivity index (χ1n) is 20.6. The van der Waals surface area contributed by atoms with E-state index in [4.69, 9.17) is 13.8 Å². The van der Waals surface area contributed by atoms with Crippen LogP contribution in [-0.2, 0) is 27.9 Å². The number of unbranched alkanes of at least 4 members (excludes halogenated alkanes) is 17. The van der Waals surface area contributed by atoms with Crippen molar-refractivity contribution in [3.8, 4) is 0 Å². The van der Waals surface area contributed by atoms with Crippen molar-refractivity contribution < 1.29 is 37.9 Å². The van der Waals surface area contributed by atoms with Crippen molar-refractivity contribution in [2.75, 3.05) is 26.4 Å². The smallest absolute Gasteiger partial charge is 0.463 e. The summed E-state index contributed by atoms with van der Waals surface area (Å²) in [5.41, 5.74) is 0. The summed E-state index contributed by atoms with van der Waals surface area (Å²) in [6.07, 6.45) is 43.3. The number of amides is 1. The fraction of sp³-hybridized carbons (Fsp3) is 0.762. The molecule has 0 aromatic rings. The first-order chi connectivity index (χ1) is 25.3. The Balaban J connectivity index is 3.69. The fourth-order valence-corrected chi connectivity index (χ4v) is 6.13. The van der Waals surface area contributed by atoms with Gasteiger partial charge in [0.15, 0.2) is 0 Å². The predicted octanol–water partition coefficient (Wildman–Crippen LogP) is 11.2. The lowest BCUT2D eigenvalue weighted by atomic mass is 10.0. The van der Waals surface area contributed by atoms with Crippen molar-refractivity contribution in [1.29, 1.82) is 0 Å². The summed E-state index contributed by atoms with van der Waals surface area (Å²) in [7, 11) is -4.43. The van der Waals surface area contributed by atoms with Gasteiger partial charge in [0, 0.05) is 19.4 Å². The van der Waals surface area contributed by atoms with E-state index < -0.39 is 26.5 Å². The van der Waals surface area contributed by atoms with E-state index in [2.05, 4.69) is 67.8 Å². The highest BCUT2D eigenvalue weighted by Crippen LogP contribution is 2.42. The van der Waals surface area contributed by atoms with Gasteiger partial charge in [0.05, 0.1) is 13.2 Å². The fourth-order valence-electron chi connectivity index (χ4n) is 5.37. The van der Waals surface area contributed by atoms with E-state index in [0.717, 1.165) is 44.9 Å². The second-order valence-electron chi connectivity index (χ2n) is 13.6. The van der Waals surface area contributed by atoms with Gasteiger partial charge in [0.2, 0.25) is 5.91 Å². The topological polar surface area (TPSA) is 131 Å². The molecule has 2 atom stereocenters. The summed E-state index contributed by atoms with van der Waals surface area (Å²) in [6.45, 7) is 3.45. The third-order valence-electron chi connectivity index (χ3n) is 8.51. The van der Waals surface area contributed by atoms with Crippen LogP contribution in [0.2, 0.25) is 0 Å². The van der Waals surface area contributed by atoms with Gasteiger partial charge in [0.1, 0.15) is 12.7 Å². The van der Waals surface area contributed by atoms with Crippen LogP contribution in [0.1, 0.15) is 174 Å². The minimum Gasteiger partial charge on any atom is -0.463 e. The molecule has 0 aliphatic carbocycles. The van der Waals surface area contributed by atoms with Crippen LogP contribution >= 0.6 is 7.82 Å². The van der Waals surface area contributed by atoms with Crippen LogP contribution in [0.5, 0.6) is 0 Å². The molecule has 0 heterocycles. The van der Waals surface area contributed by atoms with Gasteiger partial charge in [-0.3, -0.25) is 18.6 Å². The maximum absolute atomic E-state index is 12.1. The number of carbonyl (C=O) groups excluding carboxylic acids is 2. The third kappa shape index (κ3) is 39.2. The Labute approximate surface area is 317 Å². The number of hydrogen-bond donors (Lipinski definition) is 3. The highest BCUT2D eigenvalue weighted by Gasteiger charge is 2.23. The zero-order valence-corrected chi connectivity index (χ0v) is 33.9. The maximum Gasteiger partial charge on any atom is 0.472 e. The van der Waals surface area contributed by atoms with E-state index >= 15 is 0 Å². The number of phosphoric ester groups is 1. The van der Waals surface area contributed by atoms with Gasteiger partial charge < -0.3 is 20.1 Å². The normalized spacial score (nSPS) is 13.8. The number of carbonyl (C=O) groups is 2. The van der Waals surface area contributed by atoms with Crippen molar-refractivity contribution in [2.45, 2.75) is 180 Å². The predicted molar refractivity (Wildman–Crippen MR) is 215 cm³/mol. The van der Waals surface area contributed by atoms with Crippen LogP contribution in [-0.4, -0.2) is 54.3 Å². The Kier molecular flexibility index (Phi) is 37.2. The lowest BCUT2D eigenvalue weighted by Gasteiger charge is -2.15. The van der Waals surface area contributed by atoms with Gasteiger partial charge in [-0.15, -0.1) is 0 Å². The molecule has 0 aliphatic rings. The summed E-state index contributed by atoms with van der Waals surface area (Å²) in [5, 5.41) is 12.6. The van der Waals surface area contributed by atoms with Gasteiger partial charge >= 0.3 is 13.8 Å². The molecule has 302 valence electrons. The lowest BCUT2D eigenvalue weighted by molar-refractivity contribution is -0.147. The molecule has 0 saturated carbocycles. The Hall–Kier alpha value is -2.03. The molecular weight excluding hydrogens is 677 g/mol. The van der Waals surface area contributed by atoms with E-state index in [1.165, 1.54) is 96.3 Å². The quantitative estimate of drug-likeness (QED) is 0.0246. The standard InChI is InChI=1S/C42H76NO8P/c1-3-5-7-9-11-13-15-17-19-20-21-22-24-26-28-30-32-34-41(45)43-36-37-50-52(47,48)51-39-40(44)38-49-42(46)35-33-31-29-27-25-23-18-16-14-12-10-8-6-4-2/h11,13,17,19,21-22,26,28,40,44H,3-10,12,14-16,18,20,23-25,27,29-39H2,1-2H3,(H,43,45)(H,47,48)/b13-11-,19-17-,22-21-,28-26-. The first kappa shape index (κ1) is 50.0. The summed E-state index contributed by atoms with van der Waals surface area (Å²) in [5.74, 6) is -0.573. The molecule has 52 heavy (non-hydrogen) atoms. The van der Waals surface area contributed by atoms with E-state index in [-0.39, 0.29) is 32.1 Å². The second-order valence-corrected chi connectivity index (χ2v) is 15.1. The van der Waals surface area contributed by atoms with Gasteiger partial charge in [0.25, 0.3) is 0 Å². The average Bonchev–Trinajstić information content (AvgIpc) is 3.13. The molecule has 10 heteroatoms. The molecule has 0 saturated heterocycles. The number of phosphoric acid groups is 1. The number of allylic oxidation sites excluding steroid dienone is 8. The van der Waals surface area contributed by atoms with Gasteiger partial charge in [-0.2, -0.15) is 0 Å². The molecule has 9 nitrogen and oxygen atoms in total. The molecular formula is C42H76NO8P. The zero-order valence-electron chi connectivity index (χ0n) is 33.0. The second kappa shape index (κ2) is 38.7. The Morgan fingerprint density at radius 3 is 1.60 bits per heavy atom. The van der Waals surface area contributed by atoms with E-state index in [0.29, 0.717) is 12.8 Å². The maximum atomic E-state index is 12.1. The minimum atomic E-state index is -4.43. The summed E-state index contributed by atoms with van der Waals surface area (Å²) < 4.78 is 26.8. The average molecular weight is 754 g/mol. The monoisotopic (exact) mass is 754 g/mol. The van der Waals surface area contributed by atoms with Crippen LogP contribution < -0.4 is 5.32 Å². The van der Waals surface area contributed by atoms with Crippen LogP contribution in [0.3, 0.4) is 0 Å². The van der Waals surface area contributed by atoms with Gasteiger partial charge in [-0.1, -0.05) is 159 Å². The van der Waals surface area contributed by atoms with Crippen molar-refractivity contribution >= 4 is 19.7 Å². The number of aliphatic hydroxyl groups excluding tert-OH is 1. The first-order valence-corrected chi connectivity index (χ1v) is 22.1. The van der Waals surface area contributed by atoms with Crippen molar-refractivity contribution in [1.82, 2.24) is 5.32 Å². The van der Waals surface area contributed by atoms with Gasteiger partial charge in [-0.05, 0) is 51.4 Å². The van der Waals surface area contributed by atoms with Gasteiger partial charge in [-0.25, -0.2) is 4.57 Å². The van der Waals surface area contributed by atoms with E-state index in [1.54, 1.807) is 0 Å². The summed E-state index contributed by atoms with van der Waals surface area (Å²) in [6, 6.07) is 0. The number of esters is 1. The lowest BCUT2D eigenvalue weighted by Crippen LogP contribution is -2.27. The zero-order chi connectivity index (χ0) is 38.2. The Bertz CT molecular complexity index is 996. The van der Waals surface area contributed by atoms with Crippen molar-refractivity contribution in [3.63, 3.8) is 0 Å². The van der Waals surface area contributed by atoms with Crippen LogP contribution in [0.4, 0.5) is 0 Å². The molecule has 0 spiro atoms. The van der Waals surface area contributed by atoms with Crippen LogP contribution in [0, 0.1) is 0 Å². The highest BCUT2D eigenvalue weighted by atomic mass is 31.2. The molecule has 0 bridgehead atoms. The SMILES string of the molecule is CCCCC/C=C\C/C=C\C/C=C\C/C=C\CCCC(=O)NCCOP(=O)(O)OCC(O)COC(=O)CCCCCCCCCCCCCCCC. The molecule has 2 unspecified atom stereocenters. The molecule has 0 aliphatic heterocycles. The molecule has 0 aromatic heterocycles. The van der Waals surface area contributed by atoms with Crippen molar-refractivity contribution in [3.05, 3.63) is 48.6 Å². The minimum absolute atomic E-state index is 0.0521. The van der Waals surface area contributed by atoms with Crippen LogP contribution in [0.15, 0.2) is 48.6 Å². The Morgan fingerprint density at radius 1 is 0.596 bits per heavy atom. The molecule has 0 fully saturated rings. The largest absolute Gasteiger partial charge is 0.472 e. The van der Waals surface area contributed by atoms with Crippen molar-refractivity contribution in [2.24, 2.45) is 0 Å². The van der Waals surface area contributed by atoms with Crippen LogP contribution in [0.25, 0.3) is 0 Å². The molecule has 0 radical (unpaired) electrons. The molecule has 0 rings (SSSR count). The number of nitrogens with one attached hydrogen (secondary N) is 1.